The molecule has 0 spiro atoms. The number of carbonyl (C=O) groups is 1. The van der Waals surface area contributed by atoms with Crippen molar-refractivity contribution in [3.05, 3.63) is 60.0 Å². The van der Waals surface area contributed by atoms with Gasteiger partial charge in [-0.2, -0.15) is 23.5 Å². The predicted molar refractivity (Wildman–Crippen MR) is 132 cm³/mol. The number of fused-ring (bicyclic) bond motifs is 1. The average molecular weight is 522 g/mol. The molecule has 0 atom stereocenters. The summed E-state index contributed by atoms with van der Waals surface area (Å²) in [4.78, 5) is 25.0. The minimum Gasteiger partial charge on any atom is -0.383 e. The van der Waals surface area contributed by atoms with Gasteiger partial charge in [-0.1, -0.05) is 12.1 Å². The molecule has 0 radical (unpaired) electrons. The number of carbonyl (C=O) groups excluding carboxylic acids is 1. The first-order valence-electron chi connectivity index (χ1n) is 11.8. The Hall–Kier alpha value is -4.73. The minimum absolute atomic E-state index is 0.0716. The summed E-state index contributed by atoms with van der Waals surface area (Å²) >= 11 is 0. The van der Waals surface area contributed by atoms with Crippen molar-refractivity contribution in [3.63, 3.8) is 0 Å². The Balaban J connectivity index is 1.40. The van der Waals surface area contributed by atoms with E-state index < -0.39 is 17.6 Å². The molecule has 3 heterocycles. The van der Waals surface area contributed by atoms with Crippen molar-refractivity contribution in [2.24, 2.45) is 0 Å². The van der Waals surface area contributed by atoms with Crippen LogP contribution in [0.4, 0.5) is 24.8 Å². The number of nitrogens with zero attached hydrogens (tertiary/aromatic N) is 6. The molecular formula is C25H22F3N9O. The van der Waals surface area contributed by atoms with Crippen molar-refractivity contribution in [2.45, 2.75) is 43.9 Å². The summed E-state index contributed by atoms with van der Waals surface area (Å²) < 4.78 is 40.7. The molecule has 0 unspecified atom stereocenters. The molecule has 0 bridgehead atoms. The summed E-state index contributed by atoms with van der Waals surface area (Å²) in [6.45, 7) is 0. The third-order valence-electron chi connectivity index (χ3n) is 6.58. The standard InChI is InChI=1S/C25H22F3N9O/c26-25(27,28)16-9-10-31-19(11-16)35-24(38)15-3-1-14(2-4-15)21-20-22(30)33-13-34-23(20)37(36-21)18-7-5-17(6-8-18)32-12-29/h1-4,9-11,13,17-18,32H,5-8H2,(H2,30,33,34)(H,31,35,38)/t17-,18-. The molecule has 1 amide bonds. The zero-order valence-corrected chi connectivity index (χ0v) is 19.9. The number of amides is 1. The third kappa shape index (κ3) is 4.93. The molecule has 0 aliphatic heterocycles. The van der Waals surface area contributed by atoms with Gasteiger partial charge in [0, 0.05) is 23.4 Å². The number of nitriles is 1. The summed E-state index contributed by atoms with van der Waals surface area (Å²) in [7, 11) is 0. The van der Waals surface area contributed by atoms with Gasteiger partial charge in [0.15, 0.2) is 11.8 Å². The van der Waals surface area contributed by atoms with E-state index in [1.807, 2.05) is 10.9 Å². The van der Waals surface area contributed by atoms with E-state index in [1.165, 1.54) is 6.33 Å². The summed E-state index contributed by atoms with van der Waals surface area (Å²) in [5.74, 6) is -0.541. The number of hydrogen-bond donors (Lipinski definition) is 3. The van der Waals surface area contributed by atoms with E-state index in [1.54, 1.807) is 24.3 Å². The second-order valence-corrected chi connectivity index (χ2v) is 8.97. The van der Waals surface area contributed by atoms with Crippen molar-refractivity contribution < 1.29 is 18.0 Å². The highest BCUT2D eigenvalue weighted by Crippen LogP contribution is 2.36. The van der Waals surface area contributed by atoms with Crippen LogP contribution >= 0.6 is 0 Å². The van der Waals surface area contributed by atoms with Gasteiger partial charge in [0.05, 0.1) is 17.0 Å². The van der Waals surface area contributed by atoms with Gasteiger partial charge >= 0.3 is 6.18 Å². The number of nitrogen functional groups attached to an aromatic ring is 1. The van der Waals surface area contributed by atoms with Crippen LogP contribution in [0.2, 0.25) is 0 Å². The highest BCUT2D eigenvalue weighted by Gasteiger charge is 2.31. The quantitative estimate of drug-likeness (QED) is 0.260. The lowest BCUT2D eigenvalue weighted by Crippen LogP contribution is -2.31. The van der Waals surface area contributed by atoms with Gasteiger partial charge in [0.2, 0.25) is 0 Å². The fourth-order valence-corrected chi connectivity index (χ4v) is 4.65. The van der Waals surface area contributed by atoms with Gasteiger partial charge in [0.1, 0.15) is 23.7 Å². The lowest BCUT2D eigenvalue weighted by atomic mass is 9.91. The summed E-state index contributed by atoms with van der Waals surface area (Å²) in [6, 6.07) is 8.27. The number of halogens is 3. The third-order valence-corrected chi connectivity index (χ3v) is 6.58. The maximum absolute atomic E-state index is 13.0. The lowest BCUT2D eigenvalue weighted by molar-refractivity contribution is -0.137. The number of nitrogens with two attached hydrogens (primary N) is 1. The first-order chi connectivity index (χ1) is 18.2. The molecule has 5 rings (SSSR count). The Bertz CT molecular complexity index is 1520. The van der Waals surface area contributed by atoms with Crippen LogP contribution < -0.4 is 16.4 Å². The molecule has 194 valence electrons. The van der Waals surface area contributed by atoms with E-state index in [2.05, 4.69) is 25.6 Å². The van der Waals surface area contributed by atoms with E-state index >= 15 is 0 Å². The molecule has 4 aromatic rings. The maximum Gasteiger partial charge on any atom is 0.416 e. The van der Waals surface area contributed by atoms with Crippen LogP contribution in [-0.4, -0.2) is 36.7 Å². The van der Waals surface area contributed by atoms with E-state index in [9.17, 15) is 18.0 Å². The molecule has 38 heavy (non-hydrogen) atoms. The molecule has 1 saturated carbocycles. The molecule has 1 aliphatic rings. The monoisotopic (exact) mass is 521 g/mol. The number of benzene rings is 1. The van der Waals surface area contributed by atoms with Crippen LogP contribution in [0.5, 0.6) is 0 Å². The first-order valence-corrected chi connectivity index (χ1v) is 11.8. The highest BCUT2D eigenvalue weighted by atomic mass is 19.4. The van der Waals surface area contributed by atoms with Crippen molar-refractivity contribution in [1.82, 2.24) is 30.0 Å². The van der Waals surface area contributed by atoms with Gasteiger partial charge < -0.3 is 16.4 Å². The van der Waals surface area contributed by atoms with Gasteiger partial charge in [-0.25, -0.2) is 19.6 Å². The van der Waals surface area contributed by atoms with Crippen LogP contribution in [0.15, 0.2) is 48.9 Å². The maximum atomic E-state index is 13.0. The van der Waals surface area contributed by atoms with Crippen LogP contribution in [0.1, 0.15) is 47.6 Å². The van der Waals surface area contributed by atoms with Crippen LogP contribution in [0.25, 0.3) is 22.3 Å². The summed E-state index contributed by atoms with van der Waals surface area (Å²) in [5, 5.41) is 19.5. The van der Waals surface area contributed by atoms with Gasteiger partial charge in [-0.15, -0.1) is 0 Å². The fraction of sp³-hybridized carbons (Fsp3) is 0.280. The fourth-order valence-electron chi connectivity index (χ4n) is 4.65. The van der Waals surface area contributed by atoms with E-state index in [4.69, 9.17) is 16.1 Å². The van der Waals surface area contributed by atoms with Crippen LogP contribution in [0, 0.1) is 11.5 Å². The number of alkyl halides is 3. The van der Waals surface area contributed by atoms with E-state index in [0.29, 0.717) is 22.3 Å². The molecule has 1 aliphatic carbocycles. The number of rotatable bonds is 5. The summed E-state index contributed by atoms with van der Waals surface area (Å²) in [5.41, 5.74) is 7.35. The molecule has 4 N–H and O–H groups in total. The van der Waals surface area contributed by atoms with Crippen molar-refractivity contribution >= 4 is 28.6 Å². The Morgan fingerprint density at radius 1 is 1.08 bits per heavy atom. The number of hydrogen-bond acceptors (Lipinski definition) is 8. The topological polar surface area (TPSA) is 147 Å². The number of anilines is 2. The smallest absolute Gasteiger partial charge is 0.383 e. The highest BCUT2D eigenvalue weighted by molar-refractivity contribution is 6.04. The molecule has 13 heteroatoms. The Morgan fingerprint density at radius 2 is 1.82 bits per heavy atom. The summed E-state index contributed by atoms with van der Waals surface area (Å²) in [6.07, 6.45) is 3.08. The zero-order valence-electron chi connectivity index (χ0n) is 19.9. The van der Waals surface area contributed by atoms with Gasteiger partial charge in [0.25, 0.3) is 5.91 Å². The predicted octanol–water partition coefficient (Wildman–Crippen LogP) is 4.30. The Morgan fingerprint density at radius 3 is 2.50 bits per heavy atom. The lowest BCUT2D eigenvalue weighted by Gasteiger charge is -2.27. The van der Waals surface area contributed by atoms with Crippen LogP contribution in [-0.2, 0) is 6.18 Å². The van der Waals surface area contributed by atoms with E-state index in [-0.39, 0.29) is 29.3 Å². The van der Waals surface area contributed by atoms with Crippen LogP contribution in [0.3, 0.4) is 0 Å². The second kappa shape index (κ2) is 9.97. The molecule has 1 fully saturated rings. The number of nitrogens with one attached hydrogen (secondary N) is 2. The first kappa shape index (κ1) is 24.9. The Kier molecular flexibility index (Phi) is 6.54. The second-order valence-electron chi connectivity index (χ2n) is 8.97. The molecular weight excluding hydrogens is 499 g/mol. The van der Waals surface area contributed by atoms with Crippen molar-refractivity contribution in [1.29, 1.82) is 5.26 Å². The van der Waals surface area contributed by atoms with Crippen molar-refractivity contribution in [3.8, 4) is 17.5 Å². The Labute approximate surface area is 214 Å². The van der Waals surface area contributed by atoms with Gasteiger partial charge in [-0.3, -0.25) is 4.79 Å². The number of pyridine rings is 1. The largest absolute Gasteiger partial charge is 0.416 e. The average Bonchev–Trinajstić information content (AvgIpc) is 3.30. The van der Waals surface area contributed by atoms with E-state index in [0.717, 1.165) is 44.0 Å². The van der Waals surface area contributed by atoms with Crippen molar-refractivity contribution in [2.75, 3.05) is 11.1 Å². The molecule has 10 nitrogen and oxygen atoms in total. The molecule has 1 aromatic carbocycles. The normalized spacial score (nSPS) is 17.6. The molecule has 3 aromatic heterocycles. The van der Waals surface area contributed by atoms with Gasteiger partial charge in [-0.05, 0) is 49.9 Å². The SMILES string of the molecule is N#CN[C@H]1CC[C@H](n2nc(-c3ccc(C(=O)Nc4cc(C(F)(F)F)ccn4)cc3)c3c(N)ncnc32)CC1. The minimum atomic E-state index is -4.55. The molecule has 0 saturated heterocycles. The zero-order chi connectivity index (χ0) is 26.9. The number of aromatic nitrogens is 5.